The molecule has 1 aliphatic rings. The van der Waals surface area contributed by atoms with Crippen molar-refractivity contribution in [2.45, 2.75) is 43.9 Å². The second-order valence-corrected chi connectivity index (χ2v) is 8.46. The van der Waals surface area contributed by atoms with E-state index in [0.29, 0.717) is 6.42 Å². The number of hydrogen-bond acceptors (Lipinski definition) is 5. The SMILES string of the molecule is CCCCC/C=C\[C@@H]1CC1C(=O)NS(=O)(=O)c1ccccc1OCC(=O)NC. The standard InChI is InChI=1S/C20H28N2O5S/c1-3-4-5-6-7-10-15-13-16(15)20(24)22-28(25,26)18-12-9-8-11-17(18)27-14-19(23)21-2/h7-12,15-16H,3-6,13-14H2,1-2H3,(H,21,23)(H,22,24)/b10-7-/t15-,16?/m1/s1. The summed E-state index contributed by atoms with van der Waals surface area (Å²) in [5, 5.41) is 2.39. The average molecular weight is 409 g/mol. The lowest BCUT2D eigenvalue weighted by molar-refractivity contribution is -0.123. The molecule has 0 saturated heterocycles. The van der Waals surface area contributed by atoms with Crippen LogP contribution in [0.5, 0.6) is 5.75 Å². The molecule has 1 aromatic rings. The predicted octanol–water partition coefficient (Wildman–Crippen LogP) is 2.39. The first-order chi connectivity index (χ1) is 13.4. The van der Waals surface area contributed by atoms with Crippen molar-refractivity contribution in [1.82, 2.24) is 10.0 Å². The molecule has 154 valence electrons. The summed E-state index contributed by atoms with van der Waals surface area (Å²) in [5.41, 5.74) is 0. The van der Waals surface area contributed by atoms with E-state index in [1.165, 1.54) is 31.7 Å². The minimum absolute atomic E-state index is 0.0227. The van der Waals surface area contributed by atoms with Crippen molar-refractivity contribution < 1.29 is 22.7 Å². The second-order valence-electron chi connectivity index (χ2n) is 6.81. The third kappa shape index (κ3) is 6.37. The fraction of sp³-hybridized carbons (Fsp3) is 0.500. The van der Waals surface area contributed by atoms with Gasteiger partial charge in [0, 0.05) is 13.0 Å². The molecule has 0 aromatic heterocycles. The van der Waals surface area contributed by atoms with Gasteiger partial charge in [-0.3, -0.25) is 9.59 Å². The summed E-state index contributed by atoms with van der Waals surface area (Å²) >= 11 is 0. The van der Waals surface area contributed by atoms with E-state index in [4.69, 9.17) is 4.74 Å². The molecule has 0 aliphatic heterocycles. The van der Waals surface area contributed by atoms with Crippen LogP contribution in [0.25, 0.3) is 0 Å². The number of nitrogens with one attached hydrogen (secondary N) is 2. The highest BCUT2D eigenvalue weighted by Crippen LogP contribution is 2.40. The molecule has 2 N–H and O–H groups in total. The molecule has 1 saturated carbocycles. The Morgan fingerprint density at radius 1 is 1.25 bits per heavy atom. The number of carbonyl (C=O) groups excluding carboxylic acids is 2. The number of allylic oxidation sites excluding steroid dienone is 2. The van der Waals surface area contributed by atoms with Crippen LogP contribution in [-0.4, -0.2) is 33.9 Å². The summed E-state index contributed by atoms with van der Waals surface area (Å²) in [4.78, 5) is 23.5. The Kier molecular flexibility index (Phi) is 8.04. The summed E-state index contributed by atoms with van der Waals surface area (Å²) in [6, 6.07) is 5.92. The van der Waals surface area contributed by atoms with Crippen LogP contribution in [0.1, 0.15) is 39.0 Å². The third-order valence-electron chi connectivity index (χ3n) is 4.55. The normalized spacial score (nSPS) is 18.6. The molecule has 1 aromatic carbocycles. The number of para-hydroxylation sites is 1. The lowest BCUT2D eigenvalue weighted by Gasteiger charge is -2.12. The van der Waals surface area contributed by atoms with Crippen LogP contribution in [0.15, 0.2) is 41.3 Å². The van der Waals surface area contributed by atoms with Crippen LogP contribution in [0.4, 0.5) is 0 Å². The van der Waals surface area contributed by atoms with Crippen molar-refractivity contribution in [2.75, 3.05) is 13.7 Å². The van der Waals surface area contributed by atoms with Gasteiger partial charge in [-0.15, -0.1) is 0 Å². The molecular formula is C20H28N2O5S. The van der Waals surface area contributed by atoms with Crippen LogP contribution >= 0.6 is 0 Å². The third-order valence-corrected chi connectivity index (χ3v) is 5.93. The zero-order valence-electron chi connectivity index (χ0n) is 16.3. The predicted molar refractivity (Wildman–Crippen MR) is 106 cm³/mol. The fourth-order valence-electron chi connectivity index (χ4n) is 2.78. The lowest BCUT2D eigenvalue weighted by Crippen LogP contribution is -2.32. The quantitative estimate of drug-likeness (QED) is 0.432. The second kappa shape index (κ2) is 10.3. The van der Waals surface area contributed by atoms with Gasteiger partial charge < -0.3 is 10.1 Å². The number of likely N-dealkylation sites (N-methyl/N-ethyl adjacent to an activating group) is 1. The number of hydrogen-bond donors (Lipinski definition) is 2. The van der Waals surface area contributed by atoms with Gasteiger partial charge in [0.15, 0.2) is 6.61 Å². The van der Waals surface area contributed by atoms with Crippen LogP contribution in [0.3, 0.4) is 0 Å². The number of ether oxygens (including phenoxy) is 1. The summed E-state index contributed by atoms with van der Waals surface area (Å²) < 4.78 is 32.7. The number of benzene rings is 1. The zero-order valence-corrected chi connectivity index (χ0v) is 17.1. The van der Waals surface area contributed by atoms with Gasteiger partial charge in [0.2, 0.25) is 5.91 Å². The Labute approximate surface area is 166 Å². The van der Waals surface area contributed by atoms with E-state index in [9.17, 15) is 18.0 Å². The van der Waals surface area contributed by atoms with E-state index in [1.54, 1.807) is 6.07 Å². The number of sulfonamides is 1. The molecule has 0 heterocycles. The Hall–Kier alpha value is -2.35. The van der Waals surface area contributed by atoms with E-state index >= 15 is 0 Å². The van der Waals surface area contributed by atoms with Crippen molar-refractivity contribution in [3.63, 3.8) is 0 Å². The summed E-state index contributed by atoms with van der Waals surface area (Å²) in [6.45, 7) is 1.83. The molecule has 1 aliphatic carbocycles. The number of rotatable bonds is 11. The molecular weight excluding hydrogens is 380 g/mol. The first-order valence-corrected chi connectivity index (χ1v) is 11.0. The first kappa shape index (κ1) is 21.9. The summed E-state index contributed by atoms with van der Waals surface area (Å²) in [5.74, 6) is -1.10. The lowest BCUT2D eigenvalue weighted by atomic mass is 10.2. The molecule has 7 nitrogen and oxygen atoms in total. The maximum absolute atomic E-state index is 12.6. The summed E-state index contributed by atoms with van der Waals surface area (Å²) in [7, 11) is -2.63. The largest absolute Gasteiger partial charge is 0.482 e. The molecule has 0 bridgehead atoms. The van der Waals surface area contributed by atoms with Gasteiger partial charge in [-0.1, -0.05) is 44.1 Å². The Morgan fingerprint density at radius 3 is 2.71 bits per heavy atom. The van der Waals surface area contributed by atoms with Gasteiger partial charge >= 0.3 is 0 Å². The molecule has 2 rings (SSSR count). The highest BCUT2D eigenvalue weighted by atomic mass is 32.2. The van der Waals surface area contributed by atoms with E-state index in [0.717, 1.165) is 19.3 Å². The molecule has 8 heteroatoms. The zero-order chi connectivity index (χ0) is 20.6. The fourth-order valence-corrected chi connectivity index (χ4v) is 3.96. The first-order valence-electron chi connectivity index (χ1n) is 9.54. The van der Waals surface area contributed by atoms with Crippen molar-refractivity contribution in [3.8, 4) is 5.75 Å². The maximum atomic E-state index is 12.6. The number of unbranched alkanes of at least 4 members (excludes halogenated alkanes) is 3. The average Bonchev–Trinajstić information content (AvgIpc) is 3.45. The van der Waals surface area contributed by atoms with Crippen LogP contribution in [0, 0.1) is 11.8 Å². The number of carbonyl (C=O) groups is 2. The van der Waals surface area contributed by atoms with E-state index in [2.05, 4.69) is 23.0 Å². The Bertz CT molecular complexity index is 820. The van der Waals surface area contributed by atoms with E-state index in [-0.39, 0.29) is 35.0 Å². The minimum Gasteiger partial charge on any atom is -0.482 e. The van der Waals surface area contributed by atoms with Gasteiger partial charge in [-0.05, 0) is 37.3 Å². The van der Waals surface area contributed by atoms with Gasteiger partial charge in [0.25, 0.3) is 15.9 Å². The topological polar surface area (TPSA) is 102 Å². The van der Waals surface area contributed by atoms with Crippen molar-refractivity contribution >= 4 is 21.8 Å². The minimum atomic E-state index is -4.09. The Morgan fingerprint density at radius 2 is 2.00 bits per heavy atom. The van der Waals surface area contributed by atoms with Gasteiger partial charge in [0.1, 0.15) is 10.6 Å². The highest BCUT2D eigenvalue weighted by molar-refractivity contribution is 7.90. The monoisotopic (exact) mass is 408 g/mol. The molecule has 2 amide bonds. The van der Waals surface area contributed by atoms with Crippen molar-refractivity contribution in [3.05, 3.63) is 36.4 Å². The molecule has 0 radical (unpaired) electrons. The molecule has 0 spiro atoms. The molecule has 1 fully saturated rings. The molecule has 28 heavy (non-hydrogen) atoms. The molecule has 1 unspecified atom stereocenters. The smallest absolute Gasteiger partial charge is 0.267 e. The number of amides is 2. The summed E-state index contributed by atoms with van der Waals surface area (Å²) in [6.07, 6.45) is 9.18. The molecule has 2 atom stereocenters. The maximum Gasteiger partial charge on any atom is 0.267 e. The van der Waals surface area contributed by atoms with Crippen molar-refractivity contribution in [1.29, 1.82) is 0 Å². The Balaban J connectivity index is 1.95. The van der Waals surface area contributed by atoms with Gasteiger partial charge in [-0.2, -0.15) is 0 Å². The van der Waals surface area contributed by atoms with E-state index < -0.39 is 15.9 Å². The van der Waals surface area contributed by atoms with Crippen LogP contribution in [-0.2, 0) is 19.6 Å². The van der Waals surface area contributed by atoms with Gasteiger partial charge in [0.05, 0.1) is 0 Å². The van der Waals surface area contributed by atoms with Gasteiger partial charge in [-0.25, -0.2) is 13.1 Å². The van der Waals surface area contributed by atoms with Crippen LogP contribution < -0.4 is 14.8 Å². The van der Waals surface area contributed by atoms with Crippen molar-refractivity contribution in [2.24, 2.45) is 11.8 Å². The van der Waals surface area contributed by atoms with Crippen LogP contribution in [0.2, 0.25) is 0 Å². The highest BCUT2D eigenvalue weighted by Gasteiger charge is 2.42. The van der Waals surface area contributed by atoms with E-state index in [1.807, 2.05) is 6.08 Å².